The van der Waals surface area contributed by atoms with E-state index in [1.54, 1.807) is 6.07 Å². The van der Waals surface area contributed by atoms with Crippen molar-refractivity contribution in [3.63, 3.8) is 0 Å². The van der Waals surface area contributed by atoms with E-state index in [9.17, 15) is 9.18 Å². The number of rotatable bonds is 7. The van der Waals surface area contributed by atoms with Crippen molar-refractivity contribution in [2.24, 2.45) is 10.2 Å². The largest absolute Gasteiger partial charge is 0.494 e. The Kier molecular flexibility index (Phi) is 5.03. The average Bonchev–Trinajstić information content (AvgIpc) is 3.22. The summed E-state index contributed by atoms with van der Waals surface area (Å²) in [5.41, 5.74) is 0.371. The van der Waals surface area contributed by atoms with Gasteiger partial charge in [-0.3, -0.25) is 4.79 Å². The molecular weight excluding hydrogens is 321 g/mol. The van der Waals surface area contributed by atoms with Gasteiger partial charge in [-0.25, -0.2) is 4.39 Å². The lowest BCUT2D eigenvalue weighted by Crippen LogP contribution is -2.31. The van der Waals surface area contributed by atoms with E-state index in [0.717, 1.165) is 18.4 Å². The Balaban J connectivity index is 1.62. The molecule has 0 aliphatic carbocycles. The third kappa shape index (κ3) is 3.81. The summed E-state index contributed by atoms with van der Waals surface area (Å²) in [6.07, 6.45) is 9.33. The lowest BCUT2D eigenvalue weighted by molar-refractivity contribution is -0.132. The van der Waals surface area contributed by atoms with Crippen molar-refractivity contribution in [1.29, 1.82) is 0 Å². The molecule has 3 rings (SSSR count). The zero-order chi connectivity index (χ0) is 17.9. The van der Waals surface area contributed by atoms with Crippen molar-refractivity contribution in [3.05, 3.63) is 29.6 Å². The van der Waals surface area contributed by atoms with Gasteiger partial charge in [-0.15, -0.1) is 12.3 Å². The van der Waals surface area contributed by atoms with Crippen molar-refractivity contribution >= 4 is 5.91 Å². The van der Waals surface area contributed by atoms with E-state index in [2.05, 4.69) is 16.1 Å². The summed E-state index contributed by atoms with van der Waals surface area (Å²) >= 11 is 0. The molecule has 2 heterocycles. The van der Waals surface area contributed by atoms with Crippen LogP contribution in [0.25, 0.3) is 0 Å². The molecule has 1 unspecified atom stereocenters. The van der Waals surface area contributed by atoms with Crippen LogP contribution in [0.5, 0.6) is 5.75 Å². The van der Waals surface area contributed by atoms with Gasteiger partial charge < -0.3 is 9.64 Å². The van der Waals surface area contributed by atoms with Gasteiger partial charge in [-0.05, 0) is 30.5 Å². The highest BCUT2D eigenvalue weighted by molar-refractivity contribution is 5.77. The fourth-order valence-electron chi connectivity index (χ4n) is 3.42. The Morgan fingerprint density at radius 1 is 1.48 bits per heavy atom. The Labute approximate surface area is 147 Å². The fraction of sp³-hybridized carbons (Fsp3) is 0.526. The number of carbonyl (C=O) groups excluding carboxylic acids is 1. The van der Waals surface area contributed by atoms with Crippen LogP contribution in [0.15, 0.2) is 28.4 Å². The summed E-state index contributed by atoms with van der Waals surface area (Å²) in [5, 5.41) is 8.15. The summed E-state index contributed by atoms with van der Waals surface area (Å²) in [6, 6.07) is 4.83. The van der Waals surface area contributed by atoms with Gasteiger partial charge in [0.2, 0.25) is 5.91 Å². The van der Waals surface area contributed by atoms with E-state index in [1.807, 2.05) is 11.0 Å². The third-order valence-electron chi connectivity index (χ3n) is 4.93. The predicted molar refractivity (Wildman–Crippen MR) is 91.5 cm³/mol. The van der Waals surface area contributed by atoms with E-state index >= 15 is 0 Å². The van der Waals surface area contributed by atoms with Crippen LogP contribution < -0.4 is 4.74 Å². The fourth-order valence-corrected chi connectivity index (χ4v) is 3.42. The zero-order valence-corrected chi connectivity index (χ0v) is 14.4. The van der Waals surface area contributed by atoms with Crippen LogP contribution in [0, 0.1) is 18.2 Å². The molecule has 0 radical (unpaired) electrons. The van der Waals surface area contributed by atoms with Crippen LogP contribution in [0.3, 0.4) is 0 Å². The molecular formula is C19H22FN3O2. The van der Waals surface area contributed by atoms with E-state index in [1.165, 1.54) is 13.2 Å². The molecule has 1 atom stereocenters. The number of ether oxygens (including phenoxy) is 1. The van der Waals surface area contributed by atoms with E-state index in [-0.39, 0.29) is 17.7 Å². The van der Waals surface area contributed by atoms with Gasteiger partial charge in [0.25, 0.3) is 0 Å². The maximum absolute atomic E-state index is 14.0. The summed E-state index contributed by atoms with van der Waals surface area (Å²) in [7, 11) is 1.44. The molecule has 0 aromatic heterocycles. The number of amides is 1. The molecule has 132 valence electrons. The molecule has 0 spiro atoms. The second kappa shape index (κ2) is 7.22. The van der Waals surface area contributed by atoms with Gasteiger partial charge in [0.1, 0.15) is 0 Å². The van der Waals surface area contributed by atoms with Gasteiger partial charge in [-0.2, -0.15) is 10.2 Å². The standard InChI is InChI=1S/C19H22FN3O2/c1-3-4-10-19(21-22-19)11-9-18(24)23-12-5-6-16(23)14-7-8-17(25-2)15(20)13-14/h1,7-8,13,16H,4-6,9-12H2,2H3. The maximum Gasteiger partial charge on any atom is 0.223 e. The molecule has 1 saturated heterocycles. The average molecular weight is 343 g/mol. The number of halogens is 1. The Morgan fingerprint density at radius 3 is 2.92 bits per heavy atom. The first-order valence-corrected chi connectivity index (χ1v) is 8.59. The van der Waals surface area contributed by atoms with Crippen LogP contribution >= 0.6 is 0 Å². The first-order chi connectivity index (χ1) is 12.1. The summed E-state index contributed by atoms with van der Waals surface area (Å²) in [4.78, 5) is 14.5. The molecule has 1 fully saturated rings. The minimum atomic E-state index is -0.441. The quantitative estimate of drug-likeness (QED) is 0.706. The monoisotopic (exact) mass is 343 g/mol. The number of carbonyl (C=O) groups is 1. The molecule has 0 N–H and O–H groups in total. The maximum atomic E-state index is 14.0. The number of likely N-dealkylation sites (tertiary alicyclic amines) is 1. The third-order valence-corrected chi connectivity index (χ3v) is 4.93. The lowest BCUT2D eigenvalue weighted by atomic mass is 10.0. The molecule has 2 aliphatic heterocycles. The highest BCUT2D eigenvalue weighted by Gasteiger charge is 2.40. The Morgan fingerprint density at radius 2 is 2.28 bits per heavy atom. The van der Waals surface area contributed by atoms with Gasteiger partial charge >= 0.3 is 0 Å². The van der Waals surface area contributed by atoms with Gasteiger partial charge in [-0.1, -0.05) is 6.07 Å². The van der Waals surface area contributed by atoms with Crippen molar-refractivity contribution in [2.45, 2.75) is 50.2 Å². The van der Waals surface area contributed by atoms with Crippen molar-refractivity contribution in [1.82, 2.24) is 4.90 Å². The molecule has 1 aromatic carbocycles. The van der Waals surface area contributed by atoms with Gasteiger partial charge in [0, 0.05) is 32.2 Å². The number of benzene rings is 1. The van der Waals surface area contributed by atoms with Crippen LogP contribution in [-0.4, -0.2) is 30.1 Å². The summed E-state index contributed by atoms with van der Waals surface area (Å²) in [6.45, 7) is 0.697. The second-order valence-electron chi connectivity index (χ2n) is 6.53. The van der Waals surface area contributed by atoms with Crippen LogP contribution in [0.1, 0.15) is 50.1 Å². The topological polar surface area (TPSA) is 54.3 Å². The molecule has 5 nitrogen and oxygen atoms in total. The molecule has 6 heteroatoms. The Bertz CT molecular complexity index is 720. The molecule has 0 bridgehead atoms. The number of methoxy groups -OCH3 is 1. The molecule has 1 aromatic rings. The Hall–Kier alpha value is -2.42. The molecule has 25 heavy (non-hydrogen) atoms. The lowest BCUT2D eigenvalue weighted by Gasteiger charge is -2.26. The van der Waals surface area contributed by atoms with E-state index in [0.29, 0.717) is 32.2 Å². The van der Waals surface area contributed by atoms with Gasteiger partial charge in [0.15, 0.2) is 17.2 Å². The summed E-state index contributed by atoms with van der Waals surface area (Å²) in [5.74, 6) is 2.47. The minimum Gasteiger partial charge on any atom is -0.494 e. The highest BCUT2D eigenvalue weighted by atomic mass is 19.1. The first-order valence-electron chi connectivity index (χ1n) is 8.59. The van der Waals surface area contributed by atoms with Crippen LogP contribution in [-0.2, 0) is 4.79 Å². The number of nitrogens with zero attached hydrogens (tertiary/aromatic N) is 3. The molecule has 2 aliphatic rings. The predicted octanol–water partition coefficient (Wildman–Crippen LogP) is 3.85. The molecule has 0 saturated carbocycles. The second-order valence-corrected chi connectivity index (χ2v) is 6.53. The smallest absolute Gasteiger partial charge is 0.223 e. The zero-order valence-electron chi connectivity index (χ0n) is 14.4. The van der Waals surface area contributed by atoms with Crippen LogP contribution in [0.4, 0.5) is 4.39 Å². The van der Waals surface area contributed by atoms with Crippen molar-refractivity contribution in [3.8, 4) is 18.1 Å². The van der Waals surface area contributed by atoms with Crippen molar-refractivity contribution < 1.29 is 13.9 Å². The SMILES string of the molecule is C#CCCC1(CCC(=O)N2CCCC2c2ccc(OC)c(F)c2)N=N1. The van der Waals surface area contributed by atoms with E-state index in [4.69, 9.17) is 11.2 Å². The van der Waals surface area contributed by atoms with Crippen LogP contribution in [0.2, 0.25) is 0 Å². The number of terminal acetylenes is 1. The van der Waals surface area contributed by atoms with E-state index < -0.39 is 11.5 Å². The van der Waals surface area contributed by atoms with Gasteiger partial charge in [0.05, 0.1) is 13.2 Å². The number of hydrogen-bond acceptors (Lipinski definition) is 4. The molecule has 1 amide bonds. The summed E-state index contributed by atoms with van der Waals surface area (Å²) < 4.78 is 19.0. The first kappa shape index (κ1) is 17.4. The minimum absolute atomic E-state index is 0.0658. The van der Waals surface area contributed by atoms with Crippen molar-refractivity contribution in [2.75, 3.05) is 13.7 Å². The highest BCUT2D eigenvalue weighted by Crippen LogP contribution is 2.39. The normalized spacial score (nSPS) is 20.4. The number of hydrogen-bond donors (Lipinski definition) is 0.